The van der Waals surface area contributed by atoms with Gasteiger partial charge in [-0.2, -0.15) is 4.37 Å². The van der Waals surface area contributed by atoms with Gasteiger partial charge in [-0.25, -0.2) is 0 Å². The first-order valence-electron chi connectivity index (χ1n) is 8.28. The monoisotopic (exact) mass is 398 g/mol. The lowest BCUT2D eigenvalue weighted by molar-refractivity contribution is 0.356. The molecule has 5 nitrogen and oxygen atoms in total. The summed E-state index contributed by atoms with van der Waals surface area (Å²) in [6, 6.07) is 5.12. The van der Waals surface area contributed by atoms with Crippen molar-refractivity contribution >= 4 is 51.3 Å². The van der Waals surface area contributed by atoms with E-state index in [4.69, 9.17) is 28.6 Å². The van der Waals surface area contributed by atoms with Crippen LogP contribution in [0.1, 0.15) is 37.7 Å². The van der Waals surface area contributed by atoms with E-state index >= 15 is 0 Å². The quantitative estimate of drug-likeness (QED) is 0.401. The molecule has 0 spiro atoms. The Hall–Kier alpha value is -1.50. The van der Waals surface area contributed by atoms with Crippen molar-refractivity contribution < 1.29 is 5.11 Å². The van der Waals surface area contributed by atoms with Gasteiger partial charge in [0.2, 0.25) is 5.88 Å². The summed E-state index contributed by atoms with van der Waals surface area (Å²) in [6.07, 6.45) is 6.21. The van der Waals surface area contributed by atoms with E-state index in [1.165, 1.54) is 32.1 Å². The lowest BCUT2D eigenvalue weighted by Crippen LogP contribution is -2.30. The smallest absolute Gasteiger partial charge is 0.236 e. The number of halogens is 2. The molecule has 0 atom stereocenters. The van der Waals surface area contributed by atoms with E-state index in [9.17, 15) is 5.11 Å². The van der Waals surface area contributed by atoms with Crippen molar-refractivity contribution in [2.75, 3.05) is 11.9 Å². The molecule has 8 heteroatoms. The normalized spacial score (nSPS) is 15.1. The number of benzene rings is 1. The Morgan fingerprint density at radius 2 is 2.04 bits per heavy atom. The molecule has 1 aromatic heterocycles. The maximum absolute atomic E-state index is 10.1. The molecule has 1 aliphatic rings. The van der Waals surface area contributed by atoms with Crippen LogP contribution in [0.4, 0.5) is 10.7 Å². The second kappa shape index (κ2) is 8.25. The van der Waals surface area contributed by atoms with Crippen molar-refractivity contribution in [2.45, 2.75) is 32.1 Å². The number of rotatable bonds is 5. The third-order valence-electron chi connectivity index (χ3n) is 4.40. The predicted octanol–water partition coefficient (Wildman–Crippen LogP) is 5.39. The van der Waals surface area contributed by atoms with Gasteiger partial charge in [0.05, 0.1) is 10.7 Å². The van der Waals surface area contributed by atoms with Crippen molar-refractivity contribution in [3.05, 3.63) is 33.8 Å². The highest BCUT2D eigenvalue weighted by Crippen LogP contribution is 2.35. The first-order chi connectivity index (χ1) is 12.0. The maximum atomic E-state index is 10.1. The molecule has 0 bridgehead atoms. The van der Waals surface area contributed by atoms with Crippen molar-refractivity contribution in [3.8, 4) is 5.88 Å². The Bertz CT molecular complexity index is 759. The molecule has 1 saturated carbocycles. The van der Waals surface area contributed by atoms with Crippen LogP contribution < -0.4 is 10.6 Å². The molecule has 1 fully saturated rings. The van der Waals surface area contributed by atoms with Crippen LogP contribution in [0.2, 0.25) is 10.0 Å². The van der Waals surface area contributed by atoms with E-state index in [1.54, 1.807) is 18.2 Å². The Morgan fingerprint density at radius 1 is 1.28 bits per heavy atom. The van der Waals surface area contributed by atoms with Crippen LogP contribution in [0.25, 0.3) is 0 Å². The molecule has 0 amide bonds. The van der Waals surface area contributed by atoms with Gasteiger partial charge >= 0.3 is 0 Å². The summed E-state index contributed by atoms with van der Waals surface area (Å²) in [5.41, 5.74) is 1.02. The van der Waals surface area contributed by atoms with E-state index in [-0.39, 0.29) is 11.7 Å². The van der Waals surface area contributed by atoms with Crippen molar-refractivity contribution in [1.29, 1.82) is 5.41 Å². The molecule has 4 N–H and O–H groups in total. The zero-order valence-electron chi connectivity index (χ0n) is 13.6. The molecule has 3 rings (SSSR count). The fraction of sp³-hybridized carbons (Fsp3) is 0.412. The van der Waals surface area contributed by atoms with Crippen LogP contribution in [-0.2, 0) is 0 Å². The minimum Gasteiger partial charge on any atom is -0.492 e. The van der Waals surface area contributed by atoms with Crippen LogP contribution in [0.5, 0.6) is 5.88 Å². The first-order valence-corrected chi connectivity index (χ1v) is 9.81. The average molecular weight is 399 g/mol. The first kappa shape index (κ1) is 18.3. The van der Waals surface area contributed by atoms with Gasteiger partial charge in [-0.1, -0.05) is 42.5 Å². The maximum Gasteiger partial charge on any atom is 0.236 e. The lowest BCUT2D eigenvalue weighted by atomic mass is 9.89. The van der Waals surface area contributed by atoms with E-state index < -0.39 is 0 Å². The van der Waals surface area contributed by atoms with Crippen molar-refractivity contribution in [1.82, 2.24) is 9.69 Å². The molecule has 25 heavy (non-hydrogen) atoms. The molecular formula is C17H20Cl2N4OS. The number of nitrogens with zero attached hydrogens (tertiary/aromatic N) is 1. The lowest BCUT2D eigenvalue weighted by Gasteiger charge is -2.22. The van der Waals surface area contributed by atoms with E-state index in [1.807, 2.05) is 0 Å². The third-order valence-corrected chi connectivity index (χ3v) is 5.70. The average Bonchev–Trinajstić information content (AvgIpc) is 2.97. The standard InChI is InChI=1S/C17H20Cl2N4OS/c18-11-6-7-13(12(19)8-11)22-17-14(16(24)23-25-17)15(20)21-9-10-4-2-1-3-5-10/h6-8,10,22H,1-5,9H2,(H2,20,21)(H,23,24). The molecule has 1 aromatic carbocycles. The number of hydrogen-bond acceptors (Lipinski definition) is 5. The summed E-state index contributed by atoms with van der Waals surface area (Å²) < 4.78 is 3.96. The summed E-state index contributed by atoms with van der Waals surface area (Å²) in [7, 11) is 0. The Kier molecular flexibility index (Phi) is 6.04. The minimum absolute atomic E-state index is 0.154. The molecule has 2 aromatic rings. The third kappa shape index (κ3) is 4.57. The zero-order valence-corrected chi connectivity index (χ0v) is 15.9. The van der Waals surface area contributed by atoms with Crippen molar-refractivity contribution in [2.24, 2.45) is 5.92 Å². The van der Waals surface area contributed by atoms with Crippen LogP contribution in [0.3, 0.4) is 0 Å². The number of nitrogens with one attached hydrogen (secondary N) is 3. The van der Waals surface area contributed by atoms with Gasteiger partial charge in [0, 0.05) is 11.6 Å². The summed E-state index contributed by atoms with van der Waals surface area (Å²) in [4.78, 5) is 0. The highest BCUT2D eigenvalue weighted by molar-refractivity contribution is 7.11. The molecule has 1 aliphatic carbocycles. The summed E-state index contributed by atoms with van der Waals surface area (Å²) >= 11 is 13.2. The van der Waals surface area contributed by atoms with Gasteiger partial charge in [0.25, 0.3) is 0 Å². The van der Waals surface area contributed by atoms with Gasteiger partial charge in [-0.3, -0.25) is 5.41 Å². The van der Waals surface area contributed by atoms with Gasteiger partial charge < -0.3 is 15.7 Å². The molecule has 0 saturated heterocycles. The second-order valence-corrected chi connectivity index (χ2v) is 7.84. The van der Waals surface area contributed by atoms with Crippen LogP contribution in [0.15, 0.2) is 18.2 Å². The molecule has 1 heterocycles. The van der Waals surface area contributed by atoms with Crippen LogP contribution >= 0.6 is 34.7 Å². The van der Waals surface area contributed by atoms with Gasteiger partial charge in [0.1, 0.15) is 16.4 Å². The highest BCUT2D eigenvalue weighted by atomic mass is 35.5. The zero-order chi connectivity index (χ0) is 17.8. The van der Waals surface area contributed by atoms with E-state index in [0.717, 1.165) is 18.1 Å². The molecular weight excluding hydrogens is 379 g/mol. The number of aromatic hydroxyl groups is 1. The predicted molar refractivity (Wildman–Crippen MR) is 105 cm³/mol. The van der Waals surface area contributed by atoms with Crippen LogP contribution in [-0.4, -0.2) is 21.9 Å². The number of hydrogen-bond donors (Lipinski definition) is 4. The number of amidine groups is 1. The Labute approximate surface area is 161 Å². The van der Waals surface area contributed by atoms with Crippen LogP contribution in [0, 0.1) is 11.3 Å². The SMILES string of the molecule is N=C(NCC1CCCCC1)c1c(O)nsc1Nc1ccc(Cl)cc1Cl. The molecule has 0 unspecified atom stereocenters. The molecule has 0 radical (unpaired) electrons. The van der Waals surface area contributed by atoms with Gasteiger partial charge in [0.15, 0.2) is 0 Å². The highest BCUT2D eigenvalue weighted by Gasteiger charge is 2.20. The second-order valence-electron chi connectivity index (χ2n) is 6.22. The van der Waals surface area contributed by atoms with Crippen molar-refractivity contribution in [3.63, 3.8) is 0 Å². The van der Waals surface area contributed by atoms with E-state index in [2.05, 4.69) is 15.0 Å². The minimum atomic E-state index is -0.154. The fourth-order valence-electron chi connectivity index (χ4n) is 3.03. The molecule has 134 valence electrons. The summed E-state index contributed by atoms with van der Waals surface area (Å²) in [6.45, 7) is 0.745. The topological polar surface area (TPSA) is 81.0 Å². The van der Waals surface area contributed by atoms with E-state index in [0.29, 0.717) is 32.2 Å². The molecule has 0 aliphatic heterocycles. The summed E-state index contributed by atoms with van der Waals surface area (Å²) in [5, 5.41) is 26.2. The largest absolute Gasteiger partial charge is 0.492 e. The van der Waals surface area contributed by atoms with Gasteiger partial charge in [-0.15, -0.1) is 0 Å². The van der Waals surface area contributed by atoms with Gasteiger partial charge in [-0.05, 0) is 48.5 Å². The number of anilines is 2. The fourth-order valence-corrected chi connectivity index (χ4v) is 4.20. The number of aromatic nitrogens is 1. The Morgan fingerprint density at radius 3 is 2.76 bits per heavy atom. The Balaban J connectivity index is 1.71. The summed E-state index contributed by atoms with van der Waals surface area (Å²) in [5.74, 6) is 0.605.